The largest absolute Gasteiger partial charge is 0.390 e. The van der Waals surface area contributed by atoms with Gasteiger partial charge in [0.1, 0.15) is 0 Å². The van der Waals surface area contributed by atoms with Gasteiger partial charge in [-0.2, -0.15) is 0 Å². The molecule has 2 fully saturated rings. The van der Waals surface area contributed by atoms with Crippen LogP contribution in [0.3, 0.4) is 0 Å². The first kappa shape index (κ1) is 13.3. The second kappa shape index (κ2) is 6.69. The Labute approximate surface area is 105 Å². The van der Waals surface area contributed by atoms with Crippen molar-refractivity contribution in [3.63, 3.8) is 0 Å². The van der Waals surface area contributed by atoms with E-state index in [2.05, 4.69) is 9.80 Å². The highest BCUT2D eigenvalue weighted by Gasteiger charge is 2.25. The molecule has 4 nitrogen and oxygen atoms in total. The number of hydrogen-bond acceptors (Lipinski definition) is 4. The van der Waals surface area contributed by atoms with Gasteiger partial charge in [0.05, 0.1) is 6.10 Å². The van der Waals surface area contributed by atoms with Crippen LogP contribution in [0.4, 0.5) is 0 Å². The zero-order valence-corrected chi connectivity index (χ0v) is 10.9. The normalized spacial score (nSPS) is 27.2. The van der Waals surface area contributed by atoms with Crippen LogP contribution < -0.4 is 5.73 Å². The van der Waals surface area contributed by atoms with Crippen LogP contribution in [0.5, 0.6) is 0 Å². The van der Waals surface area contributed by atoms with Gasteiger partial charge >= 0.3 is 0 Å². The number of hydrogen-bond donors (Lipinski definition) is 2. The smallest absolute Gasteiger partial charge is 0.0789 e. The maximum absolute atomic E-state index is 9.55. The first-order valence-electron chi connectivity index (χ1n) is 7.14. The topological polar surface area (TPSA) is 52.7 Å². The molecule has 0 aliphatic carbocycles. The molecule has 1 unspecified atom stereocenters. The quantitative estimate of drug-likeness (QED) is 0.741. The Morgan fingerprint density at radius 1 is 1.06 bits per heavy atom. The zero-order chi connectivity index (χ0) is 12.1. The summed E-state index contributed by atoms with van der Waals surface area (Å²) in [7, 11) is 0. The molecule has 3 N–H and O–H groups in total. The second-order valence-corrected chi connectivity index (χ2v) is 5.52. The van der Waals surface area contributed by atoms with Gasteiger partial charge in [-0.05, 0) is 51.9 Å². The van der Waals surface area contributed by atoms with Crippen LogP contribution in [0.25, 0.3) is 0 Å². The van der Waals surface area contributed by atoms with Gasteiger partial charge in [0.25, 0.3) is 0 Å². The number of nitrogens with zero attached hydrogens (tertiary/aromatic N) is 2. The number of aliphatic hydroxyl groups is 1. The van der Waals surface area contributed by atoms with Crippen LogP contribution in [-0.4, -0.2) is 66.3 Å². The lowest BCUT2D eigenvalue weighted by Crippen LogP contribution is -2.48. The Balaban J connectivity index is 1.70. The van der Waals surface area contributed by atoms with Crippen molar-refractivity contribution in [1.29, 1.82) is 0 Å². The molecule has 2 aliphatic rings. The lowest BCUT2D eigenvalue weighted by atomic mass is 10.00. The maximum atomic E-state index is 9.55. The monoisotopic (exact) mass is 241 g/mol. The van der Waals surface area contributed by atoms with E-state index in [1.54, 1.807) is 0 Å². The average Bonchev–Trinajstić information content (AvgIpc) is 2.40. The Hall–Kier alpha value is -0.160. The van der Waals surface area contributed by atoms with E-state index in [0.29, 0.717) is 6.54 Å². The third-order valence-corrected chi connectivity index (χ3v) is 4.21. The van der Waals surface area contributed by atoms with Gasteiger partial charge in [-0.15, -0.1) is 0 Å². The first-order chi connectivity index (χ1) is 8.29. The second-order valence-electron chi connectivity index (χ2n) is 5.52. The van der Waals surface area contributed by atoms with Crippen molar-refractivity contribution < 1.29 is 5.11 Å². The molecule has 0 saturated carbocycles. The van der Waals surface area contributed by atoms with Crippen molar-refractivity contribution in [2.24, 2.45) is 5.73 Å². The molecular formula is C13H27N3O. The summed E-state index contributed by atoms with van der Waals surface area (Å²) in [4.78, 5) is 5.04. The van der Waals surface area contributed by atoms with Gasteiger partial charge in [0, 0.05) is 19.1 Å². The molecule has 0 spiro atoms. The van der Waals surface area contributed by atoms with Crippen LogP contribution in [0.15, 0.2) is 0 Å². The third-order valence-electron chi connectivity index (χ3n) is 4.21. The number of aliphatic hydroxyl groups excluding tert-OH is 1. The van der Waals surface area contributed by atoms with E-state index in [1.807, 2.05) is 0 Å². The van der Waals surface area contributed by atoms with E-state index < -0.39 is 0 Å². The van der Waals surface area contributed by atoms with Crippen molar-refractivity contribution in [3.05, 3.63) is 0 Å². The molecule has 0 bridgehead atoms. The Bertz CT molecular complexity index is 211. The number of nitrogens with two attached hydrogens (primary N) is 1. The van der Waals surface area contributed by atoms with Crippen LogP contribution >= 0.6 is 0 Å². The van der Waals surface area contributed by atoms with E-state index >= 15 is 0 Å². The van der Waals surface area contributed by atoms with Crippen molar-refractivity contribution in [3.8, 4) is 0 Å². The first-order valence-corrected chi connectivity index (χ1v) is 7.14. The minimum Gasteiger partial charge on any atom is -0.390 e. The zero-order valence-electron chi connectivity index (χ0n) is 10.9. The number of likely N-dealkylation sites (tertiary alicyclic amines) is 2. The lowest BCUT2D eigenvalue weighted by Gasteiger charge is -2.40. The highest BCUT2D eigenvalue weighted by atomic mass is 16.3. The molecule has 2 aliphatic heterocycles. The summed E-state index contributed by atoms with van der Waals surface area (Å²) in [5.74, 6) is 0. The van der Waals surface area contributed by atoms with Gasteiger partial charge in [0.2, 0.25) is 0 Å². The summed E-state index contributed by atoms with van der Waals surface area (Å²) in [6.45, 7) is 5.98. The molecule has 17 heavy (non-hydrogen) atoms. The van der Waals surface area contributed by atoms with Crippen LogP contribution in [0.1, 0.15) is 32.1 Å². The molecule has 0 amide bonds. The number of β-amino-alcohol motifs (C(OH)–C–C–N with tert-alkyl or cyclic N) is 1. The fourth-order valence-electron chi connectivity index (χ4n) is 3.12. The summed E-state index contributed by atoms with van der Waals surface area (Å²) in [6, 6.07) is 0.793. The molecule has 1 atom stereocenters. The predicted octanol–water partition coefficient (Wildman–Crippen LogP) is 0.256. The van der Waals surface area contributed by atoms with Crippen LogP contribution in [0.2, 0.25) is 0 Å². The molecule has 2 heterocycles. The van der Waals surface area contributed by atoms with Crippen LogP contribution in [0, 0.1) is 0 Å². The molecule has 0 aromatic rings. The molecule has 2 rings (SSSR count). The predicted molar refractivity (Wildman–Crippen MR) is 69.9 cm³/mol. The van der Waals surface area contributed by atoms with E-state index in [0.717, 1.165) is 25.7 Å². The van der Waals surface area contributed by atoms with Crippen molar-refractivity contribution in [1.82, 2.24) is 9.80 Å². The van der Waals surface area contributed by atoms with Gasteiger partial charge in [-0.25, -0.2) is 0 Å². The minimum atomic E-state index is -0.346. The Morgan fingerprint density at radius 3 is 2.29 bits per heavy atom. The van der Waals surface area contributed by atoms with E-state index in [1.165, 1.54) is 45.2 Å². The minimum absolute atomic E-state index is 0.346. The van der Waals surface area contributed by atoms with Crippen molar-refractivity contribution in [2.75, 3.05) is 39.3 Å². The van der Waals surface area contributed by atoms with Gasteiger partial charge in [-0.3, -0.25) is 0 Å². The highest BCUT2D eigenvalue weighted by molar-refractivity contribution is 4.82. The Kier molecular flexibility index (Phi) is 5.22. The summed E-state index contributed by atoms with van der Waals surface area (Å²) in [5, 5.41) is 9.55. The maximum Gasteiger partial charge on any atom is 0.0789 e. The van der Waals surface area contributed by atoms with Crippen molar-refractivity contribution in [2.45, 2.75) is 44.2 Å². The van der Waals surface area contributed by atoms with Crippen LogP contribution in [-0.2, 0) is 0 Å². The van der Waals surface area contributed by atoms with Crippen molar-refractivity contribution >= 4 is 0 Å². The summed E-state index contributed by atoms with van der Waals surface area (Å²) < 4.78 is 0. The molecule has 100 valence electrons. The SMILES string of the molecule is NCC(O)CN1CCC(N2CCCCC2)CC1. The summed E-state index contributed by atoms with van der Waals surface area (Å²) in [5.41, 5.74) is 5.45. The van der Waals surface area contributed by atoms with Gasteiger partial charge in [-0.1, -0.05) is 6.42 Å². The van der Waals surface area contributed by atoms with E-state index in [-0.39, 0.29) is 6.10 Å². The lowest BCUT2D eigenvalue weighted by molar-refractivity contribution is 0.0629. The fourth-order valence-corrected chi connectivity index (χ4v) is 3.12. The molecule has 4 heteroatoms. The number of rotatable bonds is 4. The van der Waals surface area contributed by atoms with Gasteiger partial charge < -0.3 is 20.6 Å². The summed E-state index contributed by atoms with van der Waals surface area (Å²) >= 11 is 0. The Morgan fingerprint density at radius 2 is 1.71 bits per heavy atom. The third kappa shape index (κ3) is 3.91. The van der Waals surface area contributed by atoms with E-state index in [4.69, 9.17) is 5.73 Å². The molecule has 0 aromatic carbocycles. The fraction of sp³-hybridized carbons (Fsp3) is 1.00. The summed E-state index contributed by atoms with van der Waals surface area (Å²) in [6.07, 6.45) is 6.35. The van der Waals surface area contributed by atoms with E-state index in [9.17, 15) is 5.11 Å². The molecule has 0 radical (unpaired) electrons. The number of piperidine rings is 2. The molecule has 0 aromatic heterocycles. The highest BCUT2D eigenvalue weighted by Crippen LogP contribution is 2.20. The average molecular weight is 241 g/mol. The molecule has 2 saturated heterocycles. The standard InChI is InChI=1S/C13H27N3O/c14-10-13(17)11-15-8-4-12(5-9-15)16-6-2-1-3-7-16/h12-13,17H,1-11,14H2. The van der Waals surface area contributed by atoms with Gasteiger partial charge in [0.15, 0.2) is 0 Å². The molecular weight excluding hydrogens is 214 g/mol.